The van der Waals surface area contributed by atoms with Gasteiger partial charge in [-0.15, -0.1) is 0 Å². The zero-order valence-corrected chi connectivity index (χ0v) is 4.92. The van der Waals surface area contributed by atoms with Gasteiger partial charge in [-0.3, -0.25) is 4.79 Å². The summed E-state index contributed by atoms with van der Waals surface area (Å²) in [6, 6.07) is 0. The maximum Gasteiger partial charge on any atom is 0.150 e. The summed E-state index contributed by atoms with van der Waals surface area (Å²) in [6.07, 6.45) is 1.40. The standard InChI is InChI=1S/C5H10N2O/c1-3-7(6)4-5(2)8/h3H,1,4,6H2,2H3. The lowest BCUT2D eigenvalue weighted by Gasteiger charge is -2.08. The van der Waals surface area contributed by atoms with Gasteiger partial charge in [-0.25, -0.2) is 5.84 Å². The van der Waals surface area contributed by atoms with E-state index in [1.807, 2.05) is 0 Å². The second-order valence-corrected chi connectivity index (χ2v) is 1.56. The van der Waals surface area contributed by atoms with Crippen molar-refractivity contribution in [1.82, 2.24) is 5.01 Å². The third-order valence-corrected chi connectivity index (χ3v) is 0.640. The zero-order chi connectivity index (χ0) is 6.57. The van der Waals surface area contributed by atoms with Crippen molar-refractivity contribution in [1.29, 1.82) is 0 Å². The summed E-state index contributed by atoms with van der Waals surface area (Å²) in [7, 11) is 0. The normalized spacial score (nSPS) is 8.25. The van der Waals surface area contributed by atoms with Crippen molar-refractivity contribution < 1.29 is 4.79 Å². The predicted octanol–water partition coefficient (Wildman–Crippen LogP) is -0.105. The number of ketones is 1. The van der Waals surface area contributed by atoms with Gasteiger partial charge in [0.2, 0.25) is 0 Å². The van der Waals surface area contributed by atoms with Crippen LogP contribution in [-0.2, 0) is 4.79 Å². The number of hydrogen-bond donors (Lipinski definition) is 1. The largest absolute Gasteiger partial charge is 0.311 e. The topological polar surface area (TPSA) is 46.3 Å². The van der Waals surface area contributed by atoms with Gasteiger partial charge in [0.1, 0.15) is 0 Å². The Morgan fingerprint density at radius 3 is 2.62 bits per heavy atom. The molecule has 0 saturated carbocycles. The molecule has 0 atom stereocenters. The molecule has 0 aromatic rings. The zero-order valence-electron chi connectivity index (χ0n) is 4.92. The number of Topliss-reactive ketones (excluding diaryl/α,β-unsaturated/α-hetero) is 1. The average molecular weight is 114 g/mol. The van der Waals surface area contributed by atoms with Crippen LogP contribution >= 0.6 is 0 Å². The van der Waals surface area contributed by atoms with Crippen LogP contribution in [0.4, 0.5) is 0 Å². The van der Waals surface area contributed by atoms with Gasteiger partial charge in [0.25, 0.3) is 0 Å². The van der Waals surface area contributed by atoms with Crippen LogP contribution in [-0.4, -0.2) is 17.3 Å². The maximum atomic E-state index is 10.2. The molecule has 0 fully saturated rings. The molecular weight excluding hydrogens is 104 g/mol. The molecule has 0 heterocycles. The van der Waals surface area contributed by atoms with Crippen LogP contribution in [0.1, 0.15) is 6.92 Å². The highest BCUT2D eigenvalue weighted by Crippen LogP contribution is 1.75. The molecule has 3 heteroatoms. The summed E-state index contributed by atoms with van der Waals surface area (Å²) < 4.78 is 0. The van der Waals surface area contributed by atoms with Gasteiger partial charge in [0.05, 0.1) is 6.54 Å². The smallest absolute Gasteiger partial charge is 0.150 e. The van der Waals surface area contributed by atoms with E-state index in [9.17, 15) is 4.79 Å². The lowest BCUT2D eigenvalue weighted by molar-refractivity contribution is -0.117. The minimum atomic E-state index is 0.0346. The van der Waals surface area contributed by atoms with E-state index in [1.54, 1.807) is 0 Å². The first-order chi connectivity index (χ1) is 3.66. The first-order valence-electron chi connectivity index (χ1n) is 2.30. The molecule has 0 aliphatic carbocycles. The fourth-order valence-corrected chi connectivity index (χ4v) is 0.322. The van der Waals surface area contributed by atoms with Crippen molar-refractivity contribution in [3.05, 3.63) is 12.8 Å². The molecule has 0 aromatic carbocycles. The molecule has 0 unspecified atom stereocenters. The van der Waals surface area contributed by atoms with E-state index in [-0.39, 0.29) is 12.3 Å². The molecule has 0 aromatic heterocycles. The minimum absolute atomic E-state index is 0.0346. The number of carbonyl (C=O) groups excluding carboxylic acids is 1. The molecule has 0 rings (SSSR count). The highest BCUT2D eigenvalue weighted by molar-refractivity contribution is 5.77. The second-order valence-electron chi connectivity index (χ2n) is 1.56. The second kappa shape index (κ2) is 3.21. The van der Waals surface area contributed by atoms with Crippen molar-refractivity contribution in [2.75, 3.05) is 6.54 Å². The van der Waals surface area contributed by atoms with E-state index in [2.05, 4.69) is 6.58 Å². The summed E-state index contributed by atoms with van der Waals surface area (Å²) in [5.41, 5.74) is 0. The average Bonchev–Trinajstić information content (AvgIpc) is 1.65. The predicted molar refractivity (Wildman–Crippen MR) is 31.8 cm³/mol. The maximum absolute atomic E-state index is 10.2. The summed E-state index contributed by atoms with van der Waals surface area (Å²) >= 11 is 0. The summed E-state index contributed by atoms with van der Waals surface area (Å²) in [4.78, 5) is 10.2. The monoisotopic (exact) mass is 114 g/mol. The minimum Gasteiger partial charge on any atom is -0.311 e. The first kappa shape index (κ1) is 7.17. The molecule has 0 aliphatic heterocycles. The number of hydrazine groups is 1. The number of hydrogen-bond acceptors (Lipinski definition) is 3. The Kier molecular flexibility index (Phi) is 2.88. The van der Waals surface area contributed by atoms with Crippen molar-refractivity contribution in [2.45, 2.75) is 6.92 Å². The van der Waals surface area contributed by atoms with Crippen LogP contribution < -0.4 is 5.84 Å². The van der Waals surface area contributed by atoms with Crippen molar-refractivity contribution in [3.8, 4) is 0 Å². The van der Waals surface area contributed by atoms with Gasteiger partial charge in [-0.05, 0) is 6.92 Å². The highest BCUT2D eigenvalue weighted by atomic mass is 16.1. The van der Waals surface area contributed by atoms with Gasteiger partial charge in [0.15, 0.2) is 5.78 Å². The lowest BCUT2D eigenvalue weighted by Crippen LogP contribution is -2.29. The highest BCUT2D eigenvalue weighted by Gasteiger charge is 1.92. The number of nitrogens with two attached hydrogens (primary N) is 1. The molecule has 3 nitrogen and oxygen atoms in total. The van der Waals surface area contributed by atoms with Crippen LogP contribution in [0.15, 0.2) is 12.8 Å². The molecular formula is C5H10N2O. The van der Waals surface area contributed by atoms with Gasteiger partial charge in [-0.2, -0.15) is 0 Å². The van der Waals surface area contributed by atoms with Gasteiger partial charge in [-0.1, -0.05) is 6.58 Å². The Morgan fingerprint density at radius 1 is 2.00 bits per heavy atom. The van der Waals surface area contributed by atoms with Crippen LogP contribution in [0.3, 0.4) is 0 Å². The summed E-state index contributed by atoms with van der Waals surface area (Å²) in [5, 5.41) is 1.24. The third kappa shape index (κ3) is 3.36. The molecule has 0 saturated heterocycles. The van der Waals surface area contributed by atoms with E-state index in [1.165, 1.54) is 18.1 Å². The van der Waals surface area contributed by atoms with E-state index in [0.29, 0.717) is 0 Å². The van der Waals surface area contributed by atoms with Crippen molar-refractivity contribution in [3.63, 3.8) is 0 Å². The molecule has 0 bridgehead atoms. The Labute approximate surface area is 48.7 Å². The Hall–Kier alpha value is -0.830. The molecule has 0 amide bonds. The van der Waals surface area contributed by atoms with Crippen molar-refractivity contribution in [2.24, 2.45) is 5.84 Å². The van der Waals surface area contributed by atoms with E-state index < -0.39 is 0 Å². The van der Waals surface area contributed by atoms with E-state index in [4.69, 9.17) is 5.84 Å². The molecule has 0 spiro atoms. The Balaban J connectivity index is 3.38. The SMILES string of the molecule is C=CN(N)CC(C)=O. The number of carbonyl (C=O) groups is 1. The van der Waals surface area contributed by atoms with Crippen LogP contribution in [0.25, 0.3) is 0 Å². The summed E-state index contributed by atoms with van der Waals surface area (Å²) in [5.74, 6) is 5.20. The van der Waals surface area contributed by atoms with Gasteiger partial charge in [0, 0.05) is 6.20 Å². The summed E-state index contributed by atoms with van der Waals surface area (Å²) in [6.45, 7) is 5.08. The molecule has 0 radical (unpaired) electrons. The molecule has 46 valence electrons. The lowest BCUT2D eigenvalue weighted by atomic mass is 10.4. The molecule has 0 aliphatic rings. The van der Waals surface area contributed by atoms with E-state index >= 15 is 0 Å². The Morgan fingerprint density at radius 2 is 2.50 bits per heavy atom. The van der Waals surface area contributed by atoms with Crippen LogP contribution in [0, 0.1) is 0 Å². The quantitative estimate of drug-likeness (QED) is 0.411. The molecule has 2 N–H and O–H groups in total. The fraction of sp³-hybridized carbons (Fsp3) is 0.400. The van der Waals surface area contributed by atoms with Crippen molar-refractivity contribution >= 4 is 5.78 Å². The number of rotatable bonds is 3. The number of nitrogens with zero attached hydrogens (tertiary/aromatic N) is 1. The van der Waals surface area contributed by atoms with Crippen LogP contribution in [0.2, 0.25) is 0 Å². The third-order valence-electron chi connectivity index (χ3n) is 0.640. The first-order valence-corrected chi connectivity index (χ1v) is 2.30. The fourth-order valence-electron chi connectivity index (χ4n) is 0.322. The van der Waals surface area contributed by atoms with Gasteiger partial charge < -0.3 is 5.01 Å². The van der Waals surface area contributed by atoms with Gasteiger partial charge >= 0.3 is 0 Å². The Bertz CT molecular complexity index is 101. The van der Waals surface area contributed by atoms with Crippen LogP contribution in [0.5, 0.6) is 0 Å². The molecule has 8 heavy (non-hydrogen) atoms. The van der Waals surface area contributed by atoms with E-state index in [0.717, 1.165) is 0 Å².